The van der Waals surface area contributed by atoms with Crippen molar-refractivity contribution < 1.29 is 19.5 Å². The van der Waals surface area contributed by atoms with Crippen LogP contribution in [-0.2, 0) is 6.61 Å². The SMILES string of the molecule is O=C1C(=Cc2cccnc2)Oc2cc(OCc3ccc(N([O-])O)cc3)ccc21. The van der Waals surface area contributed by atoms with Gasteiger partial charge in [-0.15, -0.1) is 0 Å². The van der Waals surface area contributed by atoms with E-state index in [1.165, 1.54) is 12.1 Å². The van der Waals surface area contributed by atoms with Crippen molar-refractivity contribution >= 4 is 17.5 Å². The van der Waals surface area contributed by atoms with E-state index in [0.29, 0.717) is 17.1 Å². The van der Waals surface area contributed by atoms with Crippen molar-refractivity contribution in [2.45, 2.75) is 6.61 Å². The Morgan fingerprint density at radius 3 is 2.71 bits per heavy atom. The van der Waals surface area contributed by atoms with E-state index >= 15 is 0 Å². The fourth-order valence-electron chi connectivity index (χ4n) is 2.76. The molecule has 0 saturated carbocycles. The molecule has 2 aromatic carbocycles. The van der Waals surface area contributed by atoms with Crippen LogP contribution >= 0.6 is 0 Å². The minimum absolute atomic E-state index is 0.140. The summed E-state index contributed by atoms with van der Waals surface area (Å²) in [7, 11) is 0. The monoisotopic (exact) mass is 375 g/mol. The number of hydrogen-bond acceptors (Lipinski definition) is 7. The van der Waals surface area contributed by atoms with Crippen LogP contribution in [0, 0.1) is 5.21 Å². The average Bonchev–Trinajstić information content (AvgIpc) is 3.02. The highest BCUT2D eigenvalue weighted by molar-refractivity contribution is 6.14. The molecule has 1 aromatic heterocycles. The van der Waals surface area contributed by atoms with Crippen molar-refractivity contribution in [1.29, 1.82) is 0 Å². The maximum atomic E-state index is 12.5. The van der Waals surface area contributed by atoms with Gasteiger partial charge in [-0.1, -0.05) is 18.2 Å². The van der Waals surface area contributed by atoms with E-state index < -0.39 is 0 Å². The molecule has 7 heteroatoms. The fourth-order valence-corrected chi connectivity index (χ4v) is 2.76. The standard InChI is InChI=1S/C21H15N2O5/c24-21-18-8-7-17(27-13-14-3-5-16(6-4-14)23(25)26)11-19(18)28-20(21)10-15-2-1-9-22-12-15/h1-12,25H,13H2/q-1. The summed E-state index contributed by atoms with van der Waals surface area (Å²) in [6.45, 7) is 0.260. The molecule has 28 heavy (non-hydrogen) atoms. The maximum Gasteiger partial charge on any atom is 0.231 e. The molecule has 4 rings (SSSR count). The van der Waals surface area contributed by atoms with Crippen LogP contribution in [0.3, 0.4) is 0 Å². The first-order valence-corrected chi connectivity index (χ1v) is 8.46. The van der Waals surface area contributed by atoms with Crippen LogP contribution in [0.5, 0.6) is 11.5 Å². The second-order valence-corrected chi connectivity index (χ2v) is 6.11. The van der Waals surface area contributed by atoms with Crippen LogP contribution in [0.15, 0.2) is 72.8 Å². The average molecular weight is 375 g/mol. The van der Waals surface area contributed by atoms with E-state index in [0.717, 1.165) is 11.1 Å². The molecule has 140 valence electrons. The van der Waals surface area contributed by atoms with Gasteiger partial charge in [-0.05, 0) is 47.5 Å². The number of fused-ring (bicyclic) bond motifs is 1. The molecule has 0 fully saturated rings. The number of Topliss-reactive ketones (excluding diaryl/α,β-unsaturated/α-hetero) is 1. The number of anilines is 1. The van der Waals surface area contributed by atoms with Gasteiger partial charge in [-0.3, -0.25) is 15.0 Å². The third kappa shape index (κ3) is 3.71. The molecular formula is C21H15N2O5-. The lowest BCUT2D eigenvalue weighted by molar-refractivity contribution is 0.101. The number of ketones is 1. The zero-order valence-corrected chi connectivity index (χ0v) is 14.6. The molecule has 0 amide bonds. The molecule has 2 heterocycles. The largest absolute Gasteiger partial charge is 0.733 e. The molecule has 1 aliphatic heterocycles. The fraction of sp³-hybridized carbons (Fsp3) is 0.0476. The van der Waals surface area contributed by atoms with Gasteiger partial charge < -0.3 is 19.9 Å². The summed E-state index contributed by atoms with van der Waals surface area (Å²) in [6.07, 6.45) is 4.96. The zero-order chi connectivity index (χ0) is 19.5. The number of benzene rings is 2. The number of pyridine rings is 1. The Morgan fingerprint density at radius 2 is 2.00 bits per heavy atom. The Bertz CT molecular complexity index is 1030. The van der Waals surface area contributed by atoms with E-state index in [2.05, 4.69) is 4.98 Å². The molecule has 0 atom stereocenters. The summed E-state index contributed by atoms with van der Waals surface area (Å²) in [5, 5.41) is 19.5. The molecule has 1 aliphatic rings. The molecule has 0 spiro atoms. The van der Waals surface area contributed by atoms with Crippen LogP contribution < -0.4 is 14.7 Å². The normalized spacial score (nSPS) is 13.9. The van der Waals surface area contributed by atoms with Crippen molar-refractivity contribution in [3.05, 3.63) is 94.6 Å². The van der Waals surface area contributed by atoms with Crippen molar-refractivity contribution in [2.75, 3.05) is 5.23 Å². The summed E-state index contributed by atoms with van der Waals surface area (Å²) < 4.78 is 11.4. The quantitative estimate of drug-likeness (QED) is 0.532. The van der Waals surface area contributed by atoms with Crippen LogP contribution in [0.25, 0.3) is 6.08 Å². The Balaban J connectivity index is 1.46. The van der Waals surface area contributed by atoms with Gasteiger partial charge in [-0.25, -0.2) is 0 Å². The number of rotatable bonds is 5. The zero-order valence-electron chi connectivity index (χ0n) is 14.6. The number of carbonyl (C=O) groups excluding carboxylic acids is 1. The molecule has 3 aromatic rings. The molecule has 0 unspecified atom stereocenters. The number of nitrogens with zero attached hydrogens (tertiary/aromatic N) is 2. The number of carbonyl (C=O) groups is 1. The molecule has 1 N–H and O–H groups in total. The molecule has 7 nitrogen and oxygen atoms in total. The Hall–Kier alpha value is -3.68. The van der Waals surface area contributed by atoms with Gasteiger partial charge in [0.15, 0.2) is 5.76 Å². The van der Waals surface area contributed by atoms with Crippen molar-refractivity contribution in [3.8, 4) is 11.5 Å². The second kappa shape index (κ2) is 7.51. The van der Waals surface area contributed by atoms with Crippen molar-refractivity contribution in [1.82, 2.24) is 4.98 Å². The first-order valence-electron chi connectivity index (χ1n) is 8.46. The summed E-state index contributed by atoms with van der Waals surface area (Å²) >= 11 is 0. The highest BCUT2D eigenvalue weighted by atomic mass is 16.8. The highest BCUT2D eigenvalue weighted by Crippen LogP contribution is 2.35. The molecular weight excluding hydrogens is 360 g/mol. The van der Waals surface area contributed by atoms with Gasteiger partial charge >= 0.3 is 0 Å². The number of hydrogen-bond donors (Lipinski definition) is 1. The maximum absolute atomic E-state index is 12.5. The van der Waals surface area contributed by atoms with Gasteiger partial charge in [0, 0.05) is 18.5 Å². The number of ether oxygens (including phenoxy) is 2. The van der Waals surface area contributed by atoms with Crippen LogP contribution in [-0.4, -0.2) is 16.0 Å². The predicted octanol–water partition coefficient (Wildman–Crippen LogP) is 3.97. The summed E-state index contributed by atoms with van der Waals surface area (Å²) in [5.41, 5.74) is 2.21. The second-order valence-electron chi connectivity index (χ2n) is 6.11. The van der Waals surface area contributed by atoms with Crippen LogP contribution in [0.1, 0.15) is 21.5 Å². The lowest BCUT2D eigenvalue weighted by atomic mass is 10.1. The Morgan fingerprint density at radius 1 is 1.18 bits per heavy atom. The minimum atomic E-state index is -0.198. The predicted molar refractivity (Wildman–Crippen MR) is 102 cm³/mol. The van der Waals surface area contributed by atoms with Gasteiger partial charge in [0.1, 0.15) is 18.1 Å². The van der Waals surface area contributed by atoms with Gasteiger partial charge in [0.05, 0.1) is 11.3 Å². The van der Waals surface area contributed by atoms with E-state index in [9.17, 15) is 10.0 Å². The van der Waals surface area contributed by atoms with E-state index in [-0.39, 0.29) is 29.1 Å². The van der Waals surface area contributed by atoms with E-state index in [4.69, 9.17) is 14.7 Å². The van der Waals surface area contributed by atoms with E-state index in [1.807, 2.05) is 6.07 Å². The smallest absolute Gasteiger partial charge is 0.231 e. The summed E-state index contributed by atoms with van der Waals surface area (Å²) in [4.78, 5) is 16.5. The summed E-state index contributed by atoms with van der Waals surface area (Å²) in [6, 6.07) is 15.0. The van der Waals surface area contributed by atoms with Gasteiger partial charge in [0.2, 0.25) is 5.78 Å². The molecule has 0 saturated heterocycles. The van der Waals surface area contributed by atoms with Gasteiger partial charge in [0.25, 0.3) is 0 Å². The topological polar surface area (TPSA) is 95.0 Å². The lowest BCUT2D eigenvalue weighted by Gasteiger charge is -2.21. The van der Waals surface area contributed by atoms with Crippen LogP contribution in [0.2, 0.25) is 0 Å². The molecule has 0 bridgehead atoms. The molecule has 0 radical (unpaired) electrons. The first kappa shape index (κ1) is 17.7. The third-order valence-corrected chi connectivity index (χ3v) is 4.19. The van der Waals surface area contributed by atoms with Crippen LogP contribution in [0.4, 0.5) is 5.69 Å². The van der Waals surface area contributed by atoms with Gasteiger partial charge in [-0.2, -0.15) is 0 Å². The van der Waals surface area contributed by atoms with E-state index in [1.54, 1.807) is 54.9 Å². The molecule has 0 aliphatic carbocycles. The highest BCUT2D eigenvalue weighted by Gasteiger charge is 2.27. The third-order valence-electron chi connectivity index (χ3n) is 4.19. The van der Waals surface area contributed by atoms with Crippen molar-refractivity contribution in [3.63, 3.8) is 0 Å². The number of aromatic nitrogens is 1. The minimum Gasteiger partial charge on any atom is -0.733 e. The Labute approximate surface area is 160 Å². The summed E-state index contributed by atoms with van der Waals surface area (Å²) in [5.74, 6) is 1.04. The van der Waals surface area contributed by atoms with Crippen molar-refractivity contribution in [2.24, 2.45) is 0 Å². The lowest BCUT2D eigenvalue weighted by Crippen LogP contribution is -2.06. The Kier molecular flexibility index (Phi) is 4.76. The first-order chi connectivity index (χ1) is 13.6. The number of allylic oxidation sites excluding steroid dienone is 1.